The van der Waals surface area contributed by atoms with Crippen LogP contribution in [0, 0.1) is 3.57 Å². The van der Waals surface area contributed by atoms with E-state index in [-0.39, 0.29) is 15.0 Å². The van der Waals surface area contributed by atoms with Crippen molar-refractivity contribution in [3.8, 4) is 5.88 Å². The second-order valence-electron chi connectivity index (χ2n) is 3.12. The summed E-state index contributed by atoms with van der Waals surface area (Å²) in [5.74, 6) is -1.44. The zero-order valence-electron chi connectivity index (χ0n) is 8.45. The van der Waals surface area contributed by atoms with Crippen LogP contribution in [0.5, 0.6) is 5.88 Å². The molecular weight excluding hydrogens is 354 g/mol. The smallest absolute Gasteiger partial charge is 0.425 e. The summed E-state index contributed by atoms with van der Waals surface area (Å²) in [7, 11) is 0. The van der Waals surface area contributed by atoms with Crippen LogP contribution in [0.15, 0.2) is 12.3 Å². The van der Waals surface area contributed by atoms with Gasteiger partial charge in [0.15, 0.2) is 6.10 Å². The summed E-state index contributed by atoms with van der Waals surface area (Å²) in [6.07, 6.45) is -5.54. The molecular formula is C9H7F3INO3. The minimum absolute atomic E-state index is 0.110. The van der Waals surface area contributed by atoms with Crippen LogP contribution >= 0.6 is 22.6 Å². The van der Waals surface area contributed by atoms with Crippen molar-refractivity contribution in [2.75, 3.05) is 0 Å². The van der Waals surface area contributed by atoms with Gasteiger partial charge in [-0.15, -0.1) is 0 Å². The van der Waals surface area contributed by atoms with E-state index in [1.807, 2.05) is 0 Å². The van der Waals surface area contributed by atoms with Crippen LogP contribution < -0.4 is 4.74 Å². The Balaban J connectivity index is 2.90. The molecule has 0 saturated heterocycles. The van der Waals surface area contributed by atoms with Crippen LogP contribution in [-0.4, -0.2) is 28.3 Å². The maximum atomic E-state index is 12.2. The van der Waals surface area contributed by atoms with E-state index in [0.29, 0.717) is 0 Å². The van der Waals surface area contributed by atoms with Gasteiger partial charge in [0, 0.05) is 6.20 Å². The van der Waals surface area contributed by atoms with Crippen molar-refractivity contribution in [3.05, 3.63) is 21.4 Å². The maximum absolute atomic E-state index is 12.2. The summed E-state index contributed by atoms with van der Waals surface area (Å²) >= 11 is 1.66. The molecule has 0 spiro atoms. The molecule has 1 atom stereocenters. The van der Waals surface area contributed by atoms with Gasteiger partial charge in [-0.3, -0.25) is 0 Å². The van der Waals surface area contributed by atoms with Gasteiger partial charge in [0.2, 0.25) is 5.88 Å². The third-order valence-electron chi connectivity index (χ3n) is 1.80. The predicted molar refractivity (Wildman–Crippen MR) is 60.1 cm³/mol. The van der Waals surface area contributed by atoms with Crippen LogP contribution in [0.2, 0.25) is 0 Å². The third-order valence-corrected chi connectivity index (χ3v) is 2.58. The fraction of sp³-hybridized carbons (Fsp3) is 0.333. The number of aromatic carboxylic acids is 1. The Labute approximate surface area is 108 Å². The first kappa shape index (κ1) is 14.0. The molecule has 1 aromatic rings. The van der Waals surface area contributed by atoms with E-state index in [1.165, 1.54) is 6.07 Å². The van der Waals surface area contributed by atoms with Crippen molar-refractivity contribution in [1.82, 2.24) is 4.98 Å². The van der Waals surface area contributed by atoms with Crippen LogP contribution in [0.3, 0.4) is 0 Å². The predicted octanol–water partition coefficient (Wildman–Crippen LogP) is 2.71. The molecule has 0 radical (unpaired) electrons. The summed E-state index contributed by atoms with van der Waals surface area (Å²) in [6, 6.07) is 1.19. The summed E-state index contributed by atoms with van der Waals surface area (Å²) in [4.78, 5) is 14.1. The van der Waals surface area contributed by atoms with Crippen LogP contribution in [0.25, 0.3) is 0 Å². The first-order chi connectivity index (χ1) is 7.71. The summed E-state index contributed by atoms with van der Waals surface area (Å²) < 4.78 is 41.5. The lowest BCUT2D eigenvalue weighted by Gasteiger charge is -2.17. The maximum Gasteiger partial charge on any atom is 0.425 e. The molecule has 0 amide bonds. The Morgan fingerprint density at radius 2 is 2.18 bits per heavy atom. The van der Waals surface area contributed by atoms with Gasteiger partial charge >= 0.3 is 12.1 Å². The molecule has 0 aliphatic carbocycles. The van der Waals surface area contributed by atoms with Gasteiger partial charge in [-0.25, -0.2) is 9.78 Å². The van der Waals surface area contributed by atoms with Gasteiger partial charge < -0.3 is 9.84 Å². The van der Waals surface area contributed by atoms with Gasteiger partial charge in [-0.05, 0) is 35.6 Å². The van der Waals surface area contributed by atoms with Crippen molar-refractivity contribution in [2.24, 2.45) is 0 Å². The highest BCUT2D eigenvalue weighted by Gasteiger charge is 2.38. The van der Waals surface area contributed by atoms with E-state index < -0.39 is 18.2 Å². The first-order valence-corrected chi connectivity index (χ1v) is 5.42. The Kier molecular flexibility index (Phi) is 4.17. The minimum Gasteiger partial charge on any atom is -0.478 e. The molecule has 0 bridgehead atoms. The Hall–Kier alpha value is -1.06. The second kappa shape index (κ2) is 5.07. The van der Waals surface area contributed by atoms with E-state index in [9.17, 15) is 18.0 Å². The molecule has 0 saturated carbocycles. The van der Waals surface area contributed by atoms with Crippen LogP contribution in [-0.2, 0) is 0 Å². The lowest BCUT2D eigenvalue weighted by molar-refractivity contribution is -0.190. The largest absolute Gasteiger partial charge is 0.478 e. The molecule has 1 unspecified atom stereocenters. The second-order valence-corrected chi connectivity index (χ2v) is 4.28. The lowest BCUT2D eigenvalue weighted by Crippen LogP contribution is -2.31. The summed E-state index contributed by atoms with van der Waals surface area (Å²) in [6.45, 7) is 0.850. The minimum atomic E-state index is -4.49. The lowest BCUT2D eigenvalue weighted by atomic mass is 10.3. The average molecular weight is 361 g/mol. The third kappa shape index (κ3) is 3.72. The highest BCUT2D eigenvalue weighted by Crippen LogP contribution is 2.26. The van der Waals surface area contributed by atoms with Gasteiger partial charge in [-0.2, -0.15) is 13.2 Å². The topological polar surface area (TPSA) is 59.4 Å². The highest BCUT2D eigenvalue weighted by molar-refractivity contribution is 14.1. The van der Waals surface area contributed by atoms with E-state index in [1.54, 1.807) is 22.6 Å². The van der Waals surface area contributed by atoms with E-state index >= 15 is 0 Å². The number of carboxylic acid groups (broad SMARTS) is 1. The number of aromatic nitrogens is 1. The molecule has 0 aromatic carbocycles. The molecule has 0 aliphatic rings. The Bertz CT molecular complexity index is 436. The number of carbonyl (C=O) groups is 1. The molecule has 1 rings (SSSR count). The zero-order chi connectivity index (χ0) is 13.2. The van der Waals surface area contributed by atoms with Crippen LogP contribution in [0.4, 0.5) is 13.2 Å². The van der Waals surface area contributed by atoms with Gasteiger partial charge in [-0.1, -0.05) is 0 Å². The monoisotopic (exact) mass is 361 g/mol. The number of hydrogen-bond acceptors (Lipinski definition) is 3. The van der Waals surface area contributed by atoms with Crippen molar-refractivity contribution in [1.29, 1.82) is 0 Å². The molecule has 1 aromatic heterocycles. The van der Waals surface area contributed by atoms with Gasteiger partial charge in [0.05, 0.1) is 9.13 Å². The highest BCUT2D eigenvalue weighted by atomic mass is 127. The number of ether oxygens (including phenoxy) is 1. The molecule has 1 heterocycles. The normalized spacial score (nSPS) is 13.2. The van der Waals surface area contributed by atoms with E-state index in [2.05, 4.69) is 9.72 Å². The van der Waals surface area contributed by atoms with Gasteiger partial charge in [0.1, 0.15) is 0 Å². The molecule has 0 aliphatic heterocycles. The molecule has 4 nitrogen and oxygen atoms in total. The first-order valence-electron chi connectivity index (χ1n) is 4.34. The van der Waals surface area contributed by atoms with Crippen molar-refractivity contribution in [2.45, 2.75) is 19.2 Å². The number of carboxylic acids is 1. The fourth-order valence-corrected chi connectivity index (χ4v) is 1.47. The van der Waals surface area contributed by atoms with E-state index in [4.69, 9.17) is 5.11 Å². The Morgan fingerprint density at radius 3 is 2.59 bits per heavy atom. The number of rotatable bonds is 3. The number of hydrogen-bond donors (Lipinski definition) is 1. The van der Waals surface area contributed by atoms with Gasteiger partial charge in [0.25, 0.3) is 0 Å². The van der Waals surface area contributed by atoms with Crippen LogP contribution in [0.1, 0.15) is 17.3 Å². The molecule has 0 fully saturated rings. The molecule has 94 valence electrons. The summed E-state index contributed by atoms with van der Waals surface area (Å²) in [5.41, 5.74) is -0.110. The SMILES string of the molecule is CC(Oc1ncc(C(=O)O)cc1I)C(F)(F)F. The number of nitrogens with zero attached hydrogens (tertiary/aromatic N) is 1. The van der Waals surface area contributed by atoms with Crippen molar-refractivity contribution >= 4 is 28.6 Å². The Morgan fingerprint density at radius 1 is 1.59 bits per heavy atom. The van der Waals surface area contributed by atoms with E-state index in [0.717, 1.165) is 13.1 Å². The molecule has 17 heavy (non-hydrogen) atoms. The molecule has 1 N–H and O–H groups in total. The fourth-order valence-electron chi connectivity index (χ4n) is 0.863. The number of alkyl halides is 3. The number of halogens is 4. The number of pyridine rings is 1. The van der Waals surface area contributed by atoms with Crippen molar-refractivity contribution < 1.29 is 27.8 Å². The molecule has 8 heteroatoms. The quantitative estimate of drug-likeness (QED) is 0.842. The average Bonchev–Trinajstić information content (AvgIpc) is 2.19. The summed E-state index contributed by atoms with van der Waals surface area (Å²) in [5, 5.41) is 8.65. The van der Waals surface area contributed by atoms with Crippen molar-refractivity contribution in [3.63, 3.8) is 0 Å². The standard InChI is InChI=1S/C9H7F3INO3/c1-4(9(10,11)12)17-7-6(13)2-5(3-14-7)8(15)16/h2-4H,1H3,(H,15,16). The zero-order valence-corrected chi connectivity index (χ0v) is 10.6.